The molecular formula is C24H21FN2O2. The second kappa shape index (κ2) is 8.27. The van der Waals surface area contributed by atoms with E-state index in [1.807, 2.05) is 25.1 Å². The summed E-state index contributed by atoms with van der Waals surface area (Å²) in [6.45, 7) is 1.97. The lowest BCUT2D eigenvalue weighted by Gasteiger charge is -2.15. The molecule has 146 valence electrons. The Morgan fingerprint density at radius 1 is 1.07 bits per heavy atom. The van der Waals surface area contributed by atoms with E-state index in [0.29, 0.717) is 18.1 Å². The van der Waals surface area contributed by atoms with Crippen LogP contribution in [0.2, 0.25) is 0 Å². The molecule has 0 unspecified atom stereocenters. The molecule has 0 radical (unpaired) electrons. The van der Waals surface area contributed by atoms with Gasteiger partial charge in [0, 0.05) is 18.4 Å². The lowest BCUT2D eigenvalue weighted by molar-refractivity contribution is -0.121. The quantitative estimate of drug-likeness (QED) is 0.478. The lowest BCUT2D eigenvalue weighted by Crippen LogP contribution is -2.26. The van der Waals surface area contributed by atoms with Gasteiger partial charge in [0.2, 0.25) is 5.91 Å². The molecule has 4 nitrogen and oxygen atoms in total. The normalized spacial score (nSPS) is 12.1. The number of halogens is 1. The van der Waals surface area contributed by atoms with Crippen LogP contribution in [0, 0.1) is 5.82 Å². The fourth-order valence-electron chi connectivity index (χ4n) is 3.27. The highest BCUT2D eigenvalue weighted by molar-refractivity contribution is 5.83. The number of nitrogens with zero attached hydrogens (tertiary/aromatic N) is 1. The number of hydrogen-bond acceptors (Lipinski definition) is 3. The lowest BCUT2D eigenvalue weighted by atomic mass is 10.0. The van der Waals surface area contributed by atoms with Crippen LogP contribution >= 0.6 is 0 Å². The van der Waals surface area contributed by atoms with Crippen LogP contribution in [0.15, 0.2) is 77.3 Å². The molecule has 3 aromatic carbocycles. The molecule has 1 amide bonds. The summed E-state index contributed by atoms with van der Waals surface area (Å²) in [6, 6.07) is 20.3. The van der Waals surface area contributed by atoms with Gasteiger partial charge in [0.15, 0.2) is 11.7 Å². The number of oxazole rings is 1. The minimum absolute atomic E-state index is 0.0628. The van der Waals surface area contributed by atoms with Crippen LogP contribution in [0.1, 0.15) is 30.8 Å². The van der Waals surface area contributed by atoms with Crippen LogP contribution in [0.25, 0.3) is 22.1 Å². The number of nitrogens with one attached hydrogen (secondary N) is 1. The van der Waals surface area contributed by atoms with Gasteiger partial charge < -0.3 is 9.73 Å². The molecule has 1 N–H and O–H groups in total. The van der Waals surface area contributed by atoms with Gasteiger partial charge in [0.25, 0.3) is 0 Å². The van der Waals surface area contributed by atoms with Crippen molar-refractivity contribution in [1.82, 2.24) is 10.3 Å². The molecule has 0 spiro atoms. The molecule has 1 heterocycles. The van der Waals surface area contributed by atoms with Crippen molar-refractivity contribution < 1.29 is 13.6 Å². The number of amides is 1. The van der Waals surface area contributed by atoms with Crippen LogP contribution in [0.3, 0.4) is 0 Å². The highest BCUT2D eigenvalue weighted by Gasteiger charge is 2.12. The molecule has 4 rings (SSSR count). The highest BCUT2D eigenvalue weighted by Crippen LogP contribution is 2.22. The first-order valence-electron chi connectivity index (χ1n) is 9.57. The maximum absolute atomic E-state index is 13.0. The van der Waals surface area contributed by atoms with E-state index < -0.39 is 0 Å². The monoisotopic (exact) mass is 388 g/mol. The maximum atomic E-state index is 13.0. The Kier molecular flexibility index (Phi) is 5.38. The van der Waals surface area contributed by atoms with Gasteiger partial charge in [0.1, 0.15) is 5.82 Å². The first-order valence-corrected chi connectivity index (χ1v) is 9.57. The van der Waals surface area contributed by atoms with Crippen LogP contribution < -0.4 is 5.32 Å². The van der Waals surface area contributed by atoms with E-state index in [0.717, 1.165) is 16.5 Å². The fraction of sp³-hybridized carbons (Fsp3) is 0.167. The van der Waals surface area contributed by atoms with Crippen molar-refractivity contribution in [1.29, 1.82) is 0 Å². The number of rotatable bonds is 6. The zero-order valence-electron chi connectivity index (χ0n) is 16.1. The average Bonchev–Trinajstić information content (AvgIpc) is 3.21. The van der Waals surface area contributed by atoms with E-state index in [1.54, 1.807) is 18.3 Å². The van der Waals surface area contributed by atoms with Crippen molar-refractivity contribution in [2.24, 2.45) is 0 Å². The molecule has 0 fully saturated rings. The summed E-state index contributed by atoms with van der Waals surface area (Å²) < 4.78 is 18.7. The van der Waals surface area contributed by atoms with E-state index >= 15 is 0 Å². The van der Waals surface area contributed by atoms with Crippen LogP contribution in [-0.2, 0) is 11.2 Å². The Labute approximate surface area is 168 Å². The zero-order chi connectivity index (χ0) is 20.2. The Morgan fingerprint density at radius 3 is 2.62 bits per heavy atom. The Morgan fingerprint density at radius 2 is 1.83 bits per heavy atom. The molecule has 0 aliphatic rings. The van der Waals surface area contributed by atoms with E-state index in [4.69, 9.17) is 4.42 Å². The molecule has 0 aliphatic heterocycles. The minimum atomic E-state index is -0.300. The highest BCUT2D eigenvalue weighted by atomic mass is 19.1. The van der Waals surface area contributed by atoms with Crippen molar-refractivity contribution in [3.05, 3.63) is 90.2 Å². The number of aromatic nitrogens is 1. The van der Waals surface area contributed by atoms with Gasteiger partial charge in [0.05, 0.1) is 12.2 Å². The van der Waals surface area contributed by atoms with Crippen molar-refractivity contribution in [3.8, 4) is 11.3 Å². The van der Waals surface area contributed by atoms with E-state index in [2.05, 4.69) is 34.6 Å². The molecule has 4 aromatic rings. The van der Waals surface area contributed by atoms with E-state index in [1.165, 1.54) is 17.5 Å². The summed E-state index contributed by atoms with van der Waals surface area (Å²) in [4.78, 5) is 16.6. The standard InChI is InChI=1S/C24H21FN2O2/c1-16(19-7-6-17-4-2-3-5-20(17)14-19)27-23(28)12-13-24-26-15-22(29-24)18-8-10-21(25)11-9-18/h2-11,14-16H,12-13H2,1H3,(H,27,28)/t16-/m0/s1. The van der Waals surface area contributed by atoms with Gasteiger partial charge in [-0.05, 0) is 53.6 Å². The molecular weight excluding hydrogens is 367 g/mol. The van der Waals surface area contributed by atoms with Gasteiger partial charge in [-0.25, -0.2) is 9.37 Å². The second-order valence-corrected chi connectivity index (χ2v) is 7.02. The van der Waals surface area contributed by atoms with E-state index in [9.17, 15) is 9.18 Å². The molecule has 0 saturated heterocycles. The number of hydrogen-bond donors (Lipinski definition) is 1. The Bertz CT molecular complexity index is 1140. The molecule has 0 saturated carbocycles. The van der Waals surface area contributed by atoms with Gasteiger partial charge in [-0.1, -0.05) is 36.4 Å². The predicted molar refractivity (Wildman–Crippen MR) is 111 cm³/mol. The number of carbonyl (C=O) groups is 1. The molecule has 1 aromatic heterocycles. The molecule has 5 heteroatoms. The van der Waals surface area contributed by atoms with Crippen LogP contribution in [0.5, 0.6) is 0 Å². The fourth-order valence-corrected chi connectivity index (χ4v) is 3.27. The summed E-state index contributed by atoms with van der Waals surface area (Å²) in [6.07, 6.45) is 2.27. The van der Waals surface area contributed by atoms with Crippen LogP contribution in [0.4, 0.5) is 4.39 Å². The Balaban J connectivity index is 1.34. The number of benzene rings is 3. The summed E-state index contributed by atoms with van der Waals surface area (Å²) in [5.74, 6) is 0.681. The van der Waals surface area contributed by atoms with Crippen LogP contribution in [-0.4, -0.2) is 10.9 Å². The maximum Gasteiger partial charge on any atom is 0.220 e. The van der Waals surface area contributed by atoms with Gasteiger partial charge in [-0.3, -0.25) is 4.79 Å². The third-order valence-electron chi connectivity index (χ3n) is 4.90. The number of aryl methyl sites for hydroxylation is 1. The summed E-state index contributed by atoms with van der Waals surface area (Å²) in [5.41, 5.74) is 1.81. The second-order valence-electron chi connectivity index (χ2n) is 7.02. The molecule has 29 heavy (non-hydrogen) atoms. The molecule has 1 atom stereocenters. The minimum Gasteiger partial charge on any atom is -0.441 e. The Hall–Kier alpha value is -3.47. The molecule has 0 aliphatic carbocycles. The molecule has 0 bridgehead atoms. The third-order valence-corrected chi connectivity index (χ3v) is 4.90. The van der Waals surface area contributed by atoms with Crippen molar-refractivity contribution in [3.63, 3.8) is 0 Å². The number of fused-ring (bicyclic) bond motifs is 1. The average molecular weight is 388 g/mol. The van der Waals surface area contributed by atoms with Gasteiger partial charge in [-0.15, -0.1) is 0 Å². The summed E-state index contributed by atoms with van der Waals surface area (Å²) in [5, 5.41) is 5.35. The smallest absolute Gasteiger partial charge is 0.220 e. The zero-order valence-corrected chi connectivity index (χ0v) is 16.1. The van der Waals surface area contributed by atoms with Crippen molar-refractivity contribution in [2.75, 3.05) is 0 Å². The SMILES string of the molecule is C[C@H](NC(=O)CCc1ncc(-c2ccc(F)cc2)o1)c1ccc2ccccc2c1. The van der Waals surface area contributed by atoms with Crippen molar-refractivity contribution >= 4 is 16.7 Å². The first-order chi connectivity index (χ1) is 14.1. The summed E-state index contributed by atoms with van der Waals surface area (Å²) >= 11 is 0. The topological polar surface area (TPSA) is 55.1 Å². The predicted octanol–water partition coefficient (Wildman–Crippen LogP) is 5.44. The van der Waals surface area contributed by atoms with Gasteiger partial charge >= 0.3 is 0 Å². The van der Waals surface area contributed by atoms with Gasteiger partial charge in [-0.2, -0.15) is 0 Å². The summed E-state index contributed by atoms with van der Waals surface area (Å²) in [7, 11) is 0. The van der Waals surface area contributed by atoms with E-state index in [-0.39, 0.29) is 24.2 Å². The van der Waals surface area contributed by atoms with Crippen molar-refractivity contribution in [2.45, 2.75) is 25.8 Å². The number of carbonyl (C=O) groups excluding carboxylic acids is 1. The first kappa shape index (κ1) is 18.9. The largest absolute Gasteiger partial charge is 0.441 e. The third kappa shape index (κ3) is 4.51.